The third kappa shape index (κ3) is 15.6. The van der Waals surface area contributed by atoms with Gasteiger partial charge in [0, 0.05) is 17.8 Å². The Labute approximate surface area is 201 Å². The zero-order valence-corrected chi connectivity index (χ0v) is 21.7. The van der Waals surface area contributed by atoms with Gasteiger partial charge in [-0.3, -0.25) is 0 Å². The van der Waals surface area contributed by atoms with E-state index in [2.05, 4.69) is 25.2 Å². The van der Waals surface area contributed by atoms with Crippen LogP contribution in [0.2, 0.25) is 0 Å². The number of nitrogens with one attached hydrogen (secondary N) is 1. The van der Waals surface area contributed by atoms with Crippen LogP contribution in [0.4, 0.5) is 5.69 Å². The van der Waals surface area contributed by atoms with Crippen molar-refractivity contribution in [3.8, 4) is 5.75 Å². The van der Waals surface area contributed by atoms with Crippen LogP contribution in [0.3, 0.4) is 0 Å². The van der Waals surface area contributed by atoms with E-state index >= 15 is 0 Å². The van der Waals surface area contributed by atoms with Gasteiger partial charge in [-0.15, -0.1) is 0 Å². The molecule has 1 aromatic carbocycles. The average Bonchev–Trinajstić information content (AvgIpc) is 2.80. The second-order valence-corrected chi connectivity index (χ2v) is 9.84. The molecule has 0 fully saturated rings. The normalized spacial score (nSPS) is 11.2. The molecule has 2 heteroatoms. The number of anilines is 1. The molecular formula is C30H55NO. The van der Waals surface area contributed by atoms with Gasteiger partial charge in [0.25, 0.3) is 0 Å². The van der Waals surface area contributed by atoms with Gasteiger partial charge in [-0.1, -0.05) is 135 Å². The Morgan fingerprint density at radius 3 is 1.50 bits per heavy atom. The molecule has 0 amide bonds. The molecule has 0 unspecified atom stereocenters. The van der Waals surface area contributed by atoms with Crippen LogP contribution in [0.25, 0.3) is 0 Å². The lowest BCUT2D eigenvalue weighted by atomic mass is 10.0. The smallest absolute Gasteiger partial charge is 0.120 e. The van der Waals surface area contributed by atoms with Crippen LogP contribution in [0.15, 0.2) is 18.2 Å². The molecule has 0 saturated carbocycles. The minimum absolute atomic E-state index is 0.467. The Hall–Kier alpha value is -1.18. The van der Waals surface area contributed by atoms with Crippen molar-refractivity contribution in [2.24, 2.45) is 0 Å². The predicted molar refractivity (Wildman–Crippen MR) is 144 cm³/mol. The molecule has 0 radical (unpaired) electrons. The van der Waals surface area contributed by atoms with Gasteiger partial charge in [-0.2, -0.15) is 0 Å². The predicted octanol–water partition coefficient (Wildman–Crippen LogP) is 10.2. The topological polar surface area (TPSA) is 32.3 Å². The minimum Gasteiger partial charge on any atom is -0.508 e. The lowest BCUT2D eigenvalue weighted by molar-refractivity contribution is 0.466. The highest BCUT2D eigenvalue weighted by Crippen LogP contribution is 2.28. The summed E-state index contributed by atoms with van der Waals surface area (Å²) in [5.74, 6) is 0.467. The summed E-state index contributed by atoms with van der Waals surface area (Å²) in [5.41, 5.74) is 2.27. The average molecular weight is 446 g/mol. The van der Waals surface area contributed by atoms with Crippen molar-refractivity contribution in [1.29, 1.82) is 0 Å². The van der Waals surface area contributed by atoms with E-state index < -0.39 is 0 Å². The largest absolute Gasteiger partial charge is 0.508 e. The van der Waals surface area contributed by atoms with E-state index in [1.54, 1.807) is 0 Å². The quantitative estimate of drug-likeness (QED) is 0.164. The number of benzene rings is 1. The number of unbranched alkanes of at least 4 members (excludes halogenated alkanes) is 18. The van der Waals surface area contributed by atoms with Gasteiger partial charge in [0.05, 0.1) is 0 Å². The zero-order chi connectivity index (χ0) is 23.1. The molecule has 0 bridgehead atoms. The summed E-state index contributed by atoms with van der Waals surface area (Å²) in [6.07, 6.45) is 28.2. The first-order valence-corrected chi connectivity index (χ1v) is 14.3. The summed E-state index contributed by atoms with van der Waals surface area (Å²) >= 11 is 0. The fraction of sp³-hybridized carbons (Fsp3) is 0.800. The molecule has 0 aliphatic rings. The van der Waals surface area contributed by atoms with Crippen LogP contribution in [0.5, 0.6) is 5.75 Å². The molecule has 1 rings (SSSR count). The van der Waals surface area contributed by atoms with E-state index in [1.165, 1.54) is 128 Å². The molecule has 0 aliphatic heterocycles. The maximum atomic E-state index is 10.4. The lowest BCUT2D eigenvalue weighted by Gasteiger charge is -2.14. The van der Waals surface area contributed by atoms with Crippen LogP contribution >= 0.6 is 0 Å². The minimum atomic E-state index is 0.467. The van der Waals surface area contributed by atoms with Gasteiger partial charge < -0.3 is 10.4 Å². The van der Waals surface area contributed by atoms with E-state index in [4.69, 9.17) is 0 Å². The van der Waals surface area contributed by atoms with Gasteiger partial charge in [0.1, 0.15) is 5.75 Å². The molecule has 2 N–H and O–H groups in total. The third-order valence-electron chi connectivity index (χ3n) is 6.78. The van der Waals surface area contributed by atoms with Crippen LogP contribution in [0.1, 0.15) is 148 Å². The van der Waals surface area contributed by atoms with Gasteiger partial charge in [-0.05, 0) is 31.4 Å². The molecule has 0 atom stereocenters. The van der Waals surface area contributed by atoms with E-state index in [1.807, 2.05) is 12.1 Å². The molecule has 32 heavy (non-hydrogen) atoms. The first kappa shape index (κ1) is 28.9. The van der Waals surface area contributed by atoms with Crippen molar-refractivity contribution in [3.05, 3.63) is 23.8 Å². The zero-order valence-electron chi connectivity index (χ0n) is 21.7. The highest BCUT2D eigenvalue weighted by molar-refractivity contribution is 5.57. The Morgan fingerprint density at radius 1 is 0.562 bits per heavy atom. The molecule has 2 nitrogen and oxygen atoms in total. The van der Waals surface area contributed by atoms with Crippen molar-refractivity contribution in [3.63, 3.8) is 0 Å². The molecule has 1 aromatic rings. The van der Waals surface area contributed by atoms with Crippen molar-refractivity contribution in [1.82, 2.24) is 0 Å². The third-order valence-corrected chi connectivity index (χ3v) is 6.78. The van der Waals surface area contributed by atoms with Crippen molar-refractivity contribution >= 4 is 5.69 Å². The number of phenolic OH excluding ortho intramolecular Hbond substituents is 1. The molecule has 0 spiro atoms. The van der Waals surface area contributed by atoms with Gasteiger partial charge in [0.2, 0.25) is 0 Å². The Balaban J connectivity index is 2.09. The molecule has 0 saturated heterocycles. The first-order valence-electron chi connectivity index (χ1n) is 14.3. The number of hydrogen-bond acceptors (Lipinski definition) is 2. The summed E-state index contributed by atoms with van der Waals surface area (Å²) in [6.45, 7) is 5.58. The van der Waals surface area contributed by atoms with Crippen molar-refractivity contribution in [2.75, 3.05) is 11.9 Å². The van der Waals surface area contributed by atoms with Gasteiger partial charge in [0.15, 0.2) is 0 Å². The van der Waals surface area contributed by atoms with Crippen molar-refractivity contribution in [2.45, 2.75) is 149 Å². The first-order chi connectivity index (χ1) is 15.8. The van der Waals surface area contributed by atoms with E-state index in [0.29, 0.717) is 5.75 Å². The van der Waals surface area contributed by atoms with Gasteiger partial charge >= 0.3 is 0 Å². The maximum absolute atomic E-state index is 10.4. The number of aromatic hydroxyl groups is 1. The summed E-state index contributed by atoms with van der Waals surface area (Å²) in [6, 6.07) is 5.96. The SMILES string of the molecule is CCCCCCCCCCCCNc1cccc(O)c1CCCCCCCCCCCC. The summed E-state index contributed by atoms with van der Waals surface area (Å²) in [5, 5.41) is 14.0. The van der Waals surface area contributed by atoms with Crippen molar-refractivity contribution < 1.29 is 5.11 Å². The molecule has 0 aliphatic carbocycles. The van der Waals surface area contributed by atoms with Crippen LogP contribution < -0.4 is 5.32 Å². The van der Waals surface area contributed by atoms with E-state index in [0.717, 1.165) is 24.2 Å². The molecular weight excluding hydrogens is 390 g/mol. The highest BCUT2D eigenvalue weighted by Gasteiger charge is 2.07. The Kier molecular flexibility index (Phi) is 19.5. The molecule has 0 heterocycles. The summed E-state index contributed by atoms with van der Waals surface area (Å²) in [7, 11) is 0. The van der Waals surface area contributed by atoms with Crippen LogP contribution in [-0.2, 0) is 6.42 Å². The van der Waals surface area contributed by atoms with Gasteiger partial charge in [-0.25, -0.2) is 0 Å². The van der Waals surface area contributed by atoms with E-state index in [9.17, 15) is 5.11 Å². The summed E-state index contributed by atoms with van der Waals surface area (Å²) in [4.78, 5) is 0. The lowest BCUT2D eigenvalue weighted by Crippen LogP contribution is -2.04. The highest BCUT2D eigenvalue weighted by atomic mass is 16.3. The number of phenols is 1. The maximum Gasteiger partial charge on any atom is 0.120 e. The monoisotopic (exact) mass is 445 g/mol. The number of rotatable bonds is 23. The standard InChI is InChI=1S/C30H55NO/c1-3-5-7-9-11-13-15-17-19-21-24-28-29(25-23-26-30(28)32)31-27-22-20-18-16-14-12-10-8-6-4-2/h23,25-26,31-32H,3-22,24,27H2,1-2H3. The Morgan fingerprint density at radius 2 is 1.00 bits per heavy atom. The fourth-order valence-electron chi connectivity index (χ4n) is 4.63. The van der Waals surface area contributed by atoms with Crippen LogP contribution in [-0.4, -0.2) is 11.7 Å². The summed E-state index contributed by atoms with van der Waals surface area (Å²) < 4.78 is 0. The number of hydrogen-bond donors (Lipinski definition) is 2. The molecule has 0 aromatic heterocycles. The fourth-order valence-corrected chi connectivity index (χ4v) is 4.63. The Bertz CT molecular complexity index is 528. The second-order valence-electron chi connectivity index (χ2n) is 9.84. The van der Waals surface area contributed by atoms with E-state index in [-0.39, 0.29) is 0 Å². The molecule has 186 valence electrons. The van der Waals surface area contributed by atoms with Crippen LogP contribution in [0, 0.1) is 0 Å². The second kappa shape index (κ2) is 21.7.